The van der Waals surface area contributed by atoms with Gasteiger partial charge in [0.15, 0.2) is 5.65 Å². The molecule has 5 rings (SSSR count). The van der Waals surface area contributed by atoms with Crippen LogP contribution in [0.1, 0.15) is 12.5 Å². The van der Waals surface area contributed by atoms with Crippen LogP contribution >= 0.6 is 11.3 Å². The molecule has 0 aliphatic carbocycles. The predicted molar refractivity (Wildman–Crippen MR) is 121 cm³/mol. The van der Waals surface area contributed by atoms with Crippen LogP contribution in [0.5, 0.6) is 0 Å². The standard InChI is InChI=1S/C22H19N5O2S2/c1-15(14-16-8-4-2-5-9-16)23-20-19-18(12-13-30-19)27-21(24-20)22(25-26-27)31(28,29)17-10-6-3-7-11-17/h2-13,15H,14H2,1H3,(H,23,24)/t15-/m1/s1. The number of aromatic nitrogens is 4. The summed E-state index contributed by atoms with van der Waals surface area (Å²) in [5.74, 6) is 0.632. The predicted octanol–water partition coefficient (Wildman–Crippen LogP) is 4.21. The van der Waals surface area contributed by atoms with Crippen molar-refractivity contribution in [3.8, 4) is 0 Å². The fraction of sp³-hybridized carbons (Fsp3) is 0.136. The van der Waals surface area contributed by atoms with Crippen molar-refractivity contribution in [3.05, 3.63) is 77.7 Å². The van der Waals surface area contributed by atoms with Gasteiger partial charge in [0.2, 0.25) is 14.9 Å². The average Bonchev–Trinajstić information content (AvgIpc) is 3.42. The first-order valence-corrected chi connectivity index (χ1v) is 12.1. The second kappa shape index (κ2) is 7.75. The minimum absolute atomic E-state index is 0.0905. The largest absolute Gasteiger partial charge is 0.366 e. The number of nitrogens with zero attached hydrogens (tertiary/aromatic N) is 4. The molecule has 1 N–H and O–H groups in total. The Morgan fingerprint density at radius 1 is 1.03 bits per heavy atom. The van der Waals surface area contributed by atoms with E-state index in [1.165, 1.54) is 21.4 Å². The Balaban J connectivity index is 1.59. The molecule has 156 valence electrons. The zero-order valence-corrected chi connectivity index (χ0v) is 18.3. The van der Waals surface area contributed by atoms with Crippen molar-refractivity contribution in [2.45, 2.75) is 29.3 Å². The number of thiophene rings is 1. The summed E-state index contributed by atoms with van der Waals surface area (Å²) in [5, 5.41) is 13.3. The van der Waals surface area contributed by atoms with Crippen LogP contribution in [0.25, 0.3) is 15.9 Å². The smallest absolute Gasteiger partial charge is 0.229 e. The fourth-order valence-electron chi connectivity index (χ4n) is 3.56. The van der Waals surface area contributed by atoms with E-state index in [1.807, 2.05) is 29.6 Å². The molecule has 0 unspecified atom stereocenters. The minimum Gasteiger partial charge on any atom is -0.366 e. The van der Waals surface area contributed by atoms with Crippen molar-refractivity contribution in [3.63, 3.8) is 0 Å². The van der Waals surface area contributed by atoms with Gasteiger partial charge in [-0.15, -0.1) is 16.4 Å². The lowest BCUT2D eigenvalue weighted by Crippen LogP contribution is -2.19. The highest BCUT2D eigenvalue weighted by Gasteiger charge is 2.27. The van der Waals surface area contributed by atoms with E-state index in [0.29, 0.717) is 5.82 Å². The summed E-state index contributed by atoms with van der Waals surface area (Å²) < 4.78 is 28.8. The first kappa shape index (κ1) is 19.7. The molecule has 0 fully saturated rings. The summed E-state index contributed by atoms with van der Waals surface area (Å²) in [6.07, 6.45) is 0.813. The van der Waals surface area contributed by atoms with Crippen LogP contribution in [-0.4, -0.2) is 34.3 Å². The van der Waals surface area contributed by atoms with Crippen molar-refractivity contribution >= 4 is 42.9 Å². The lowest BCUT2D eigenvalue weighted by molar-refractivity contribution is 0.592. The van der Waals surface area contributed by atoms with Gasteiger partial charge in [-0.1, -0.05) is 53.7 Å². The Morgan fingerprint density at radius 3 is 2.48 bits per heavy atom. The summed E-state index contributed by atoms with van der Waals surface area (Å²) in [6, 6.07) is 20.4. The number of sulfone groups is 1. The van der Waals surface area contributed by atoms with Crippen LogP contribution < -0.4 is 5.32 Å². The summed E-state index contributed by atoms with van der Waals surface area (Å²) >= 11 is 1.53. The number of nitrogens with one attached hydrogen (secondary N) is 1. The van der Waals surface area contributed by atoms with Gasteiger partial charge in [-0.2, -0.15) is 4.52 Å². The van der Waals surface area contributed by atoms with E-state index in [9.17, 15) is 8.42 Å². The second-order valence-corrected chi connectivity index (χ2v) is 10.1. The second-order valence-electron chi connectivity index (χ2n) is 7.28. The third-order valence-corrected chi connectivity index (χ3v) is 7.57. The highest BCUT2D eigenvalue weighted by atomic mass is 32.2. The van der Waals surface area contributed by atoms with Crippen LogP contribution in [0.15, 0.2) is 82.0 Å². The Morgan fingerprint density at radius 2 is 1.74 bits per heavy atom. The minimum atomic E-state index is -3.85. The molecular weight excluding hydrogens is 430 g/mol. The van der Waals surface area contributed by atoms with Crippen LogP contribution in [0.4, 0.5) is 5.82 Å². The highest BCUT2D eigenvalue weighted by Crippen LogP contribution is 2.31. The SMILES string of the molecule is C[C@H](Cc1ccccc1)Nc1nc2c(S(=O)(=O)c3ccccc3)nnn2c2ccsc12. The maximum Gasteiger partial charge on any atom is 0.229 e. The zero-order chi connectivity index (χ0) is 21.4. The number of benzene rings is 2. The lowest BCUT2D eigenvalue weighted by Gasteiger charge is -2.15. The van der Waals surface area contributed by atoms with Crippen molar-refractivity contribution < 1.29 is 8.42 Å². The van der Waals surface area contributed by atoms with E-state index in [2.05, 4.69) is 39.7 Å². The molecule has 3 heterocycles. The molecule has 0 saturated carbocycles. The van der Waals surface area contributed by atoms with Crippen LogP contribution in [-0.2, 0) is 16.3 Å². The van der Waals surface area contributed by atoms with E-state index in [1.54, 1.807) is 30.3 Å². The van der Waals surface area contributed by atoms with Gasteiger partial charge in [-0.25, -0.2) is 13.4 Å². The molecule has 5 aromatic rings. The highest BCUT2D eigenvalue weighted by molar-refractivity contribution is 7.91. The van der Waals surface area contributed by atoms with E-state index in [4.69, 9.17) is 0 Å². The zero-order valence-electron chi connectivity index (χ0n) is 16.6. The van der Waals surface area contributed by atoms with Gasteiger partial charge in [0.05, 0.1) is 15.1 Å². The Labute approximate surface area is 183 Å². The summed E-state index contributed by atoms with van der Waals surface area (Å²) in [6.45, 7) is 2.08. The molecule has 0 saturated heterocycles. The number of rotatable bonds is 6. The van der Waals surface area contributed by atoms with E-state index in [0.717, 1.165) is 16.6 Å². The van der Waals surface area contributed by atoms with E-state index >= 15 is 0 Å². The molecule has 1 atom stereocenters. The van der Waals surface area contributed by atoms with Crippen molar-refractivity contribution in [1.82, 2.24) is 19.8 Å². The van der Waals surface area contributed by atoms with Gasteiger partial charge in [0, 0.05) is 6.04 Å². The summed E-state index contributed by atoms with van der Waals surface area (Å²) in [5.41, 5.74) is 2.19. The molecule has 9 heteroatoms. The van der Waals surface area contributed by atoms with Gasteiger partial charge in [0.25, 0.3) is 0 Å². The molecule has 0 spiro atoms. The van der Waals surface area contributed by atoms with Crippen molar-refractivity contribution in [2.75, 3.05) is 5.32 Å². The molecule has 3 aromatic heterocycles. The first-order chi connectivity index (χ1) is 15.0. The van der Waals surface area contributed by atoms with Crippen LogP contribution in [0.3, 0.4) is 0 Å². The molecular formula is C22H19N5O2S2. The Hall–Kier alpha value is -3.30. The molecule has 0 bridgehead atoms. The number of anilines is 1. The lowest BCUT2D eigenvalue weighted by atomic mass is 10.1. The molecule has 0 aliphatic heterocycles. The monoisotopic (exact) mass is 449 g/mol. The van der Waals surface area contributed by atoms with Crippen molar-refractivity contribution in [1.29, 1.82) is 0 Å². The molecule has 0 aliphatic rings. The van der Waals surface area contributed by atoms with Crippen molar-refractivity contribution in [2.24, 2.45) is 0 Å². The van der Waals surface area contributed by atoms with Gasteiger partial charge in [-0.3, -0.25) is 0 Å². The fourth-order valence-corrected chi connectivity index (χ4v) is 5.64. The van der Waals surface area contributed by atoms with E-state index < -0.39 is 9.84 Å². The quantitative estimate of drug-likeness (QED) is 0.418. The molecule has 7 nitrogen and oxygen atoms in total. The topological polar surface area (TPSA) is 89.2 Å². The summed E-state index contributed by atoms with van der Waals surface area (Å²) in [7, 11) is -3.85. The number of fused-ring (bicyclic) bond motifs is 3. The Bertz CT molecular complexity index is 1460. The molecule has 0 radical (unpaired) electrons. The van der Waals surface area contributed by atoms with Crippen LogP contribution in [0.2, 0.25) is 0 Å². The Kier molecular flexibility index (Phi) is 4.91. The van der Waals surface area contributed by atoms with Crippen LogP contribution in [0, 0.1) is 0 Å². The van der Waals surface area contributed by atoms with Gasteiger partial charge in [0.1, 0.15) is 5.82 Å². The van der Waals surface area contributed by atoms with Gasteiger partial charge in [-0.05, 0) is 42.5 Å². The average molecular weight is 450 g/mol. The first-order valence-electron chi connectivity index (χ1n) is 9.77. The number of hydrogen-bond donors (Lipinski definition) is 1. The normalized spacial score (nSPS) is 12.9. The third-order valence-electron chi connectivity index (χ3n) is 5.00. The molecule has 2 aromatic carbocycles. The van der Waals surface area contributed by atoms with Gasteiger partial charge < -0.3 is 5.32 Å². The van der Waals surface area contributed by atoms with E-state index in [-0.39, 0.29) is 21.6 Å². The maximum absolute atomic E-state index is 13.2. The molecule has 31 heavy (non-hydrogen) atoms. The number of hydrogen-bond acceptors (Lipinski definition) is 7. The third kappa shape index (κ3) is 3.55. The summed E-state index contributed by atoms with van der Waals surface area (Å²) in [4.78, 5) is 4.83. The molecule has 0 amide bonds. The maximum atomic E-state index is 13.2. The van der Waals surface area contributed by atoms with Gasteiger partial charge >= 0.3 is 0 Å².